The van der Waals surface area contributed by atoms with Crippen molar-refractivity contribution < 1.29 is 53.3 Å². The van der Waals surface area contributed by atoms with Crippen molar-refractivity contribution in [1.82, 2.24) is 30.0 Å². The first-order valence-electron chi connectivity index (χ1n) is 14.8. The molecule has 2 atom stereocenters. The molecule has 0 saturated carbocycles. The third kappa shape index (κ3) is 9.85. The molecule has 20 nitrogen and oxygen atoms in total. The van der Waals surface area contributed by atoms with E-state index in [9.17, 15) is 38.7 Å². The van der Waals surface area contributed by atoms with Gasteiger partial charge < -0.3 is 40.4 Å². The molecule has 2 aliphatic heterocycles. The summed E-state index contributed by atoms with van der Waals surface area (Å²) < 4.78 is 11.4. The van der Waals surface area contributed by atoms with Crippen LogP contribution in [0.15, 0.2) is 31.8 Å². The molecule has 2 amide bonds. The first-order chi connectivity index (χ1) is 24.2. The molecular formula is C29H36N8O12S3. The summed E-state index contributed by atoms with van der Waals surface area (Å²) >= 11 is 3.40. The number of aromatic nitrogens is 4. The number of carbonyl (C=O) groups excluding carboxylic acids is 4. The number of β-lactam (4-membered cyclic amide) rings is 1. The number of nitrogen functional groups attached to an aromatic ring is 1. The van der Waals surface area contributed by atoms with Crippen LogP contribution in [0.4, 0.5) is 5.13 Å². The van der Waals surface area contributed by atoms with Gasteiger partial charge in [-0.2, -0.15) is 4.98 Å². The number of ether oxygens (including phenoxy) is 2. The zero-order valence-electron chi connectivity index (χ0n) is 28.9. The molecule has 4 rings (SSSR count). The van der Waals surface area contributed by atoms with Gasteiger partial charge in [0.1, 0.15) is 41.6 Å². The molecule has 0 bridgehead atoms. The summed E-state index contributed by atoms with van der Waals surface area (Å²) in [5, 5.41) is 29.7. The van der Waals surface area contributed by atoms with Crippen LogP contribution in [0.1, 0.15) is 40.3 Å². The third-order valence-corrected chi connectivity index (χ3v) is 9.94. The average Bonchev–Trinajstić information content (AvgIpc) is 3.51. The molecule has 0 unspecified atom stereocenters. The van der Waals surface area contributed by atoms with E-state index >= 15 is 0 Å². The van der Waals surface area contributed by atoms with E-state index in [1.54, 1.807) is 20.8 Å². The Morgan fingerprint density at radius 2 is 1.85 bits per heavy atom. The molecule has 0 aliphatic carbocycles. The summed E-state index contributed by atoms with van der Waals surface area (Å²) in [6.45, 7) is 7.18. The van der Waals surface area contributed by atoms with E-state index in [1.807, 2.05) is 0 Å². The molecule has 23 heteroatoms. The lowest BCUT2D eigenvalue weighted by molar-refractivity contribution is -0.160. The first kappa shape index (κ1) is 41.4. The summed E-state index contributed by atoms with van der Waals surface area (Å²) in [6, 6.07) is -1.02. The summed E-state index contributed by atoms with van der Waals surface area (Å²) in [7, 11) is 2.76. The number of aliphatic carboxylic acids is 2. The minimum atomic E-state index is -1.32. The number of carboxylic acid groups (broad SMARTS) is 2. The molecule has 0 radical (unpaired) electrons. The number of hydrogen-bond acceptors (Lipinski definition) is 18. The van der Waals surface area contributed by atoms with Crippen molar-refractivity contribution in [3.05, 3.63) is 32.7 Å². The van der Waals surface area contributed by atoms with Gasteiger partial charge in [-0.25, -0.2) is 14.5 Å². The number of hydrogen-bond donors (Lipinski definition) is 4. The number of nitrogens with zero attached hydrogens (tertiary/aromatic N) is 6. The molecule has 52 heavy (non-hydrogen) atoms. The van der Waals surface area contributed by atoms with Gasteiger partial charge in [0.05, 0.1) is 5.41 Å². The normalized spacial score (nSPS) is 17.2. The molecule has 1 saturated heterocycles. The predicted molar refractivity (Wildman–Crippen MR) is 186 cm³/mol. The number of rotatable bonds is 13. The Kier molecular flexibility index (Phi) is 13.5. The zero-order chi connectivity index (χ0) is 39.1. The lowest BCUT2D eigenvalue weighted by Gasteiger charge is -2.49. The Bertz CT molecular complexity index is 1870. The van der Waals surface area contributed by atoms with Crippen molar-refractivity contribution in [2.75, 3.05) is 31.1 Å². The highest BCUT2D eigenvalue weighted by Crippen LogP contribution is 2.41. The number of thioether (sulfide) groups is 2. The third-order valence-electron chi connectivity index (χ3n) is 6.82. The number of amides is 2. The molecule has 0 aromatic carbocycles. The molecule has 2 aliphatic rings. The van der Waals surface area contributed by atoms with E-state index in [1.165, 1.54) is 49.8 Å². The number of esters is 1. The second-order valence-corrected chi connectivity index (χ2v) is 15.3. The van der Waals surface area contributed by atoms with Gasteiger partial charge in [0, 0.05) is 23.9 Å². The van der Waals surface area contributed by atoms with E-state index in [-0.39, 0.29) is 44.8 Å². The molecule has 4 heterocycles. The quantitative estimate of drug-likeness (QED) is 0.0311. The predicted octanol–water partition coefficient (Wildman–Crippen LogP) is 0.317. The van der Waals surface area contributed by atoms with Crippen molar-refractivity contribution in [2.24, 2.45) is 23.0 Å². The summed E-state index contributed by atoms with van der Waals surface area (Å²) in [5.74, 6) is -4.38. The topological polar surface area (TPSA) is 285 Å². The zero-order valence-corrected chi connectivity index (χ0v) is 31.3. The van der Waals surface area contributed by atoms with Crippen molar-refractivity contribution in [2.45, 2.75) is 51.2 Å². The van der Waals surface area contributed by atoms with Crippen molar-refractivity contribution in [3.8, 4) is 5.88 Å². The molecule has 5 N–H and O–H groups in total. The number of aryl methyl sites for hydroxylation is 1. The van der Waals surface area contributed by atoms with Crippen LogP contribution in [0.5, 0.6) is 5.88 Å². The standard InChI is InChI=1S/C24H28N8O9S3.C5H8O3/c1-24(2,3)21(38)41-9-40-17-16(34)28-23(31(4)29-17)44-7-10-6-42-19-13(18(35)32(19)14(10)20(36)37)27-15(33)12(30-39-5)11-8-43-22(25)26-11;1-5(2,3-6)4(7)8/h8,13,19H,6-7,9H2,1-5H3,(H2,25,26)(H,27,33)(H,36,37);3H,1-2H3,(H,7,8)/b30-12-;/t13-,19-;/m1./s1. The van der Waals surface area contributed by atoms with Gasteiger partial charge in [-0.1, -0.05) is 16.9 Å². The number of aldehydes is 1. The number of carbonyl (C=O) groups is 6. The van der Waals surface area contributed by atoms with E-state index in [2.05, 4.69) is 25.5 Å². The van der Waals surface area contributed by atoms with Crippen LogP contribution in [0.3, 0.4) is 0 Å². The Hall–Kier alpha value is -5.03. The number of nitrogens with two attached hydrogens (primary N) is 1. The number of carboxylic acids is 2. The van der Waals surface area contributed by atoms with E-state index in [4.69, 9.17) is 25.2 Å². The van der Waals surface area contributed by atoms with Crippen LogP contribution < -0.4 is 21.3 Å². The molecule has 2 aromatic rings. The van der Waals surface area contributed by atoms with Gasteiger partial charge in [0.2, 0.25) is 6.79 Å². The second-order valence-electron chi connectivity index (χ2n) is 12.3. The highest BCUT2D eigenvalue weighted by molar-refractivity contribution is 8.01. The maximum absolute atomic E-state index is 13.1. The molecule has 1 fully saturated rings. The Balaban J connectivity index is 0.000000815. The number of thiazole rings is 1. The SMILES string of the molecule is CC(C)(C=O)C(=O)O.CO/N=C(\C(=O)N[C@@H]1C(=O)N2C(C(=O)O)=C(CSc3nc(=O)c(OCOC(=O)C(C)(C)C)nn3C)CS[C@H]12)c1csc(N)n1. The Labute approximate surface area is 308 Å². The summed E-state index contributed by atoms with van der Waals surface area (Å²) in [6.07, 6.45) is 0.412. The molecule has 282 valence electrons. The highest BCUT2D eigenvalue weighted by atomic mass is 32.2. The van der Waals surface area contributed by atoms with Gasteiger partial charge in [-0.15, -0.1) is 28.2 Å². The van der Waals surface area contributed by atoms with Crippen LogP contribution in [-0.4, -0.2) is 113 Å². The van der Waals surface area contributed by atoms with E-state index in [0.717, 1.165) is 28.0 Å². The molecule has 0 spiro atoms. The van der Waals surface area contributed by atoms with E-state index < -0.39 is 64.3 Å². The Morgan fingerprint density at radius 3 is 2.37 bits per heavy atom. The Morgan fingerprint density at radius 1 is 1.17 bits per heavy atom. The monoisotopic (exact) mass is 784 g/mol. The number of nitrogens with one attached hydrogen (secondary N) is 1. The van der Waals surface area contributed by atoms with E-state index in [0.29, 0.717) is 11.9 Å². The van der Waals surface area contributed by atoms with Gasteiger partial charge in [0.25, 0.3) is 11.8 Å². The van der Waals surface area contributed by atoms with Gasteiger partial charge in [0.15, 0.2) is 16.0 Å². The highest BCUT2D eigenvalue weighted by Gasteiger charge is 2.54. The second kappa shape index (κ2) is 17.0. The van der Waals surface area contributed by atoms with Crippen molar-refractivity contribution in [1.29, 1.82) is 0 Å². The van der Waals surface area contributed by atoms with Crippen LogP contribution in [0, 0.1) is 10.8 Å². The minimum absolute atomic E-state index is 0.0728. The fraction of sp³-hybridized carbons (Fsp3) is 0.483. The van der Waals surface area contributed by atoms with Crippen LogP contribution in [-0.2, 0) is 45.4 Å². The minimum Gasteiger partial charge on any atom is -0.481 e. The van der Waals surface area contributed by atoms with Crippen LogP contribution in [0.2, 0.25) is 0 Å². The lowest BCUT2D eigenvalue weighted by Crippen LogP contribution is -2.71. The summed E-state index contributed by atoms with van der Waals surface area (Å²) in [4.78, 5) is 96.3. The average molecular weight is 785 g/mol. The maximum atomic E-state index is 13.1. The summed E-state index contributed by atoms with van der Waals surface area (Å²) in [5.41, 5.74) is 3.03. The number of oxime groups is 1. The number of anilines is 1. The number of fused-ring (bicyclic) bond motifs is 1. The smallest absolute Gasteiger partial charge is 0.352 e. The van der Waals surface area contributed by atoms with Gasteiger partial charge in [-0.05, 0) is 40.2 Å². The van der Waals surface area contributed by atoms with Crippen molar-refractivity contribution in [3.63, 3.8) is 0 Å². The van der Waals surface area contributed by atoms with Crippen molar-refractivity contribution >= 4 is 81.7 Å². The van der Waals surface area contributed by atoms with Crippen LogP contribution >= 0.6 is 34.9 Å². The largest absolute Gasteiger partial charge is 0.481 e. The van der Waals surface area contributed by atoms with Gasteiger partial charge >= 0.3 is 29.3 Å². The van der Waals surface area contributed by atoms with Gasteiger partial charge in [-0.3, -0.25) is 28.9 Å². The van der Waals surface area contributed by atoms with Crippen LogP contribution in [0.25, 0.3) is 0 Å². The molecule has 2 aromatic heterocycles. The molecular weight excluding hydrogens is 749 g/mol. The lowest BCUT2D eigenvalue weighted by atomic mass is 9.97. The fourth-order valence-corrected chi connectivity index (χ4v) is 6.84. The first-order valence-corrected chi connectivity index (χ1v) is 17.8. The fourth-order valence-electron chi connectivity index (χ4n) is 3.90. The maximum Gasteiger partial charge on any atom is 0.352 e.